The molecule has 1 aliphatic rings. The quantitative estimate of drug-likeness (QED) is 0.635. The van der Waals surface area contributed by atoms with Crippen LogP contribution >= 0.6 is 0 Å². The van der Waals surface area contributed by atoms with Gasteiger partial charge in [0, 0.05) is 31.8 Å². The second kappa shape index (κ2) is 8.99. The van der Waals surface area contributed by atoms with E-state index in [1.165, 1.54) is 0 Å². The van der Waals surface area contributed by atoms with Crippen LogP contribution in [0.5, 0.6) is 17.2 Å². The summed E-state index contributed by atoms with van der Waals surface area (Å²) in [5.41, 5.74) is 2.02. The molecule has 0 atom stereocenters. The van der Waals surface area contributed by atoms with Gasteiger partial charge in [0.2, 0.25) is 0 Å². The number of fused-ring (bicyclic) bond motifs is 1. The van der Waals surface area contributed by atoms with E-state index in [2.05, 4.69) is 21.7 Å². The van der Waals surface area contributed by atoms with Crippen LogP contribution in [0.3, 0.4) is 0 Å². The lowest BCUT2D eigenvalue weighted by molar-refractivity contribution is 0.297. The van der Waals surface area contributed by atoms with Crippen LogP contribution in [0.4, 0.5) is 5.69 Å². The van der Waals surface area contributed by atoms with Crippen LogP contribution in [0, 0.1) is 0 Å². The van der Waals surface area contributed by atoms with Crippen molar-refractivity contribution in [1.82, 2.24) is 5.32 Å². The van der Waals surface area contributed by atoms with Gasteiger partial charge in [-0.15, -0.1) is 0 Å². The molecule has 0 amide bonds. The monoisotopic (exact) mass is 355 g/mol. The number of rotatable bonds is 5. The molecular formula is C20H25N3O3. The third-order valence-corrected chi connectivity index (χ3v) is 3.90. The van der Waals surface area contributed by atoms with Gasteiger partial charge in [-0.1, -0.05) is 12.1 Å². The molecule has 2 aromatic rings. The fourth-order valence-corrected chi connectivity index (χ4v) is 2.65. The fourth-order valence-electron chi connectivity index (χ4n) is 2.65. The van der Waals surface area contributed by atoms with E-state index in [4.69, 9.17) is 14.2 Å². The van der Waals surface area contributed by atoms with Crippen LogP contribution in [0.2, 0.25) is 0 Å². The lowest BCUT2D eigenvalue weighted by Crippen LogP contribution is -2.30. The highest BCUT2D eigenvalue weighted by Gasteiger charge is 2.11. The highest BCUT2D eigenvalue weighted by molar-refractivity contribution is 5.93. The predicted octanol–water partition coefficient (Wildman–Crippen LogP) is 3.43. The maximum absolute atomic E-state index is 5.73. The molecule has 2 N–H and O–H groups in total. The molecule has 0 aliphatic carbocycles. The standard InChI is InChI=1S/C20H25N3O3/c1-3-24-17-7-4-6-15(12-17)14-22-20(21-2)23-16-8-9-18-19(13-16)26-11-5-10-25-18/h4,6-9,12-13H,3,5,10-11,14H2,1-2H3,(H2,21,22,23). The molecule has 6 nitrogen and oxygen atoms in total. The third kappa shape index (κ3) is 4.81. The summed E-state index contributed by atoms with van der Waals surface area (Å²) in [5, 5.41) is 6.59. The normalized spacial score (nSPS) is 13.7. The van der Waals surface area contributed by atoms with Crippen molar-refractivity contribution in [2.45, 2.75) is 19.9 Å². The number of hydrogen-bond donors (Lipinski definition) is 2. The predicted molar refractivity (Wildman–Crippen MR) is 103 cm³/mol. The Labute approximate surface area is 154 Å². The lowest BCUT2D eigenvalue weighted by Gasteiger charge is -2.14. The Morgan fingerprint density at radius 1 is 1.12 bits per heavy atom. The molecule has 0 radical (unpaired) electrons. The van der Waals surface area contributed by atoms with E-state index in [1.54, 1.807) is 7.05 Å². The molecule has 0 bridgehead atoms. The van der Waals surface area contributed by atoms with E-state index in [0.29, 0.717) is 32.3 Å². The molecule has 0 fully saturated rings. The van der Waals surface area contributed by atoms with Gasteiger partial charge in [0.15, 0.2) is 17.5 Å². The summed E-state index contributed by atoms with van der Waals surface area (Å²) in [6, 6.07) is 13.8. The minimum absolute atomic E-state index is 0.644. The van der Waals surface area contributed by atoms with E-state index in [1.807, 2.05) is 43.3 Å². The number of nitrogens with zero attached hydrogens (tertiary/aromatic N) is 1. The summed E-state index contributed by atoms with van der Waals surface area (Å²) in [6.45, 7) is 4.63. The van der Waals surface area contributed by atoms with Gasteiger partial charge >= 0.3 is 0 Å². The SMILES string of the molecule is CCOc1cccc(CNC(=NC)Nc2ccc3c(c2)OCCCO3)c1. The first kappa shape index (κ1) is 17.9. The lowest BCUT2D eigenvalue weighted by atomic mass is 10.2. The van der Waals surface area contributed by atoms with Crippen molar-refractivity contribution in [3.05, 3.63) is 48.0 Å². The van der Waals surface area contributed by atoms with Gasteiger partial charge in [-0.05, 0) is 36.8 Å². The van der Waals surface area contributed by atoms with Crippen LogP contribution in [0.1, 0.15) is 18.9 Å². The maximum Gasteiger partial charge on any atom is 0.195 e. The Hall–Kier alpha value is -2.89. The number of hydrogen-bond acceptors (Lipinski definition) is 4. The van der Waals surface area contributed by atoms with Crippen LogP contribution in [0.25, 0.3) is 0 Å². The molecule has 0 saturated carbocycles. The second-order valence-electron chi connectivity index (χ2n) is 5.84. The highest BCUT2D eigenvalue weighted by atomic mass is 16.5. The zero-order valence-corrected chi connectivity index (χ0v) is 15.2. The third-order valence-electron chi connectivity index (χ3n) is 3.90. The van der Waals surface area contributed by atoms with Gasteiger partial charge in [0.25, 0.3) is 0 Å². The van der Waals surface area contributed by atoms with Crippen molar-refractivity contribution < 1.29 is 14.2 Å². The topological polar surface area (TPSA) is 64.1 Å². The zero-order chi connectivity index (χ0) is 18.2. The van der Waals surface area contributed by atoms with Crippen molar-refractivity contribution in [2.24, 2.45) is 4.99 Å². The van der Waals surface area contributed by atoms with Crippen molar-refractivity contribution in [2.75, 3.05) is 32.2 Å². The van der Waals surface area contributed by atoms with Gasteiger partial charge in [-0.2, -0.15) is 0 Å². The van der Waals surface area contributed by atoms with Crippen LogP contribution in [0.15, 0.2) is 47.5 Å². The number of nitrogens with one attached hydrogen (secondary N) is 2. The first-order valence-corrected chi connectivity index (χ1v) is 8.87. The van der Waals surface area contributed by atoms with Gasteiger partial charge in [-0.25, -0.2) is 0 Å². The Morgan fingerprint density at radius 2 is 1.96 bits per heavy atom. The van der Waals surface area contributed by atoms with E-state index in [-0.39, 0.29) is 0 Å². The molecule has 138 valence electrons. The average molecular weight is 355 g/mol. The van der Waals surface area contributed by atoms with Crippen molar-refractivity contribution >= 4 is 11.6 Å². The molecule has 0 unspecified atom stereocenters. The van der Waals surface area contributed by atoms with Crippen LogP contribution in [-0.4, -0.2) is 32.8 Å². The maximum atomic E-state index is 5.73. The van der Waals surface area contributed by atoms with Crippen molar-refractivity contribution in [3.63, 3.8) is 0 Å². The van der Waals surface area contributed by atoms with Crippen molar-refractivity contribution in [3.8, 4) is 17.2 Å². The second-order valence-corrected chi connectivity index (χ2v) is 5.84. The molecule has 0 spiro atoms. The largest absolute Gasteiger partial charge is 0.494 e. The van der Waals surface area contributed by atoms with Gasteiger partial charge in [0.1, 0.15) is 5.75 Å². The summed E-state index contributed by atoms with van der Waals surface area (Å²) in [4.78, 5) is 4.28. The summed E-state index contributed by atoms with van der Waals surface area (Å²) < 4.78 is 16.9. The number of anilines is 1. The van der Waals surface area contributed by atoms with E-state index >= 15 is 0 Å². The summed E-state index contributed by atoms with van der Waals surface area (Å²) in [7, 11) is 1.75. The molecule has 0 aromatic heterocycles. The first-order valence-electron chi connectivity index (χ1n) is 8.87. The van der Waals surface area contributed by atoms with Crippen LogP contribution in [-0.2, 0) is 6.54 Å². The Morgan fingerprint density at radius 3 is 2.77 bits per heavy atom. The smallest absolute Gasteiger partial charge is 0.195 e. The molecule has 6 heteroatoms. The van der Waals surface area contributed by atoms with E-state index in [9.17, 15) is 0 Å². The molecule has 26 heavy (non-hydrogen) atoms. The molecule has 2 aromatic carbocycles. The van der Waals surface area contributed by atoms with Gasteiger partial charge in [-0.3, -0.25) is 4.99 Å². The van der Waals surface area contributed by atoms with E-state index in [0.717, 1.165) is 34.9 Å². The molecule has 1 heterocycles. The zero-order valence-electron chi connectivity index (χ0n) is 15.2. The number of benzene rings is 2. The Balaban J connectivity index is 1.61. The number of guanidine groups is 1. The molecule has 1 aliphatic heterocycles. The number of ether oxygens (including phenoxy) is 3. The average Bonchev–Trinajstić information content (AvgIpc) is 2.90. The summed E-state index contributed by atoms with van der Waals surface area (Å²) in [5.74, 6) is 3.09. The first-order chi connectivity index (χ1) is 12.8. The molecule has 3 rings (SSSR count). The Kier molecular flexibility index (Phi) is 6.19. The van der Waals surface area contributed by atoms with Crippen LogP contribution < -0.4 is 24.8 Å². The Bertz CT molecular complexity index is 762. The molecular weight excluding hydrogens is 330 g/mol. The van der Waals surface area contributed by atoms with Crippen molar-refractivity contribution in [1.29, 1.82) is 0 Å². The minimum atomic E-state index is 0.644. The minimum Gasteiger partial charge on any atom is -0.494 e. The highest BCUT2D eigenvalue weighted by Crippen LogP contribution is 2.32. The van der Waals surface area contributed by atoms with Gasteiger partial charge < -0.3 is 24.8 Å². The van der Waals surface area contributed by atoms with Gasteiger partial charge in [0.05, 0.1) is 19.8 Å². The number of aliphatic imine (C=N–C) groups is 1. The fraction of sp³-hybridized carbons (Fsp3) is 0.350. The summed E-state index contributed by atoms with van der Waals surface area (Å²) in [6.07, 6.45) is 0.890. The summed E-state index contributed by atoms with van der Waals surface area (Å²) >= 11 is 0. The molecule has 0 saturated heterocycles. The van der Waals surface area contributed by atoms with E-state index < -0.39 is 0 Å².